The van der Waals surface area contributed by atoms with Gasteiger partial charge in [0, 0.05) is 13.6 Å². The molecule has 1 aromatic rings. The molecule has 0 amide bonds. The van der Waals surface area contributed by atoms with Crippen LogP contribution in [0.5, 0.6) is 0 Å². The van der Waals surface area contributed by atoms with E-state index >= 15 is 0 Å². The number of hydrogen-bond donors (Lipinski definition) is 0. The molecule has 0 radical (unpaired) electrons. The van der Waals surface area contributed by atoms with Gasteiger partial charge < -0.3 is 4.90 Å². The molecule has 3 nitrogen and oxygen atoms in total. The van der Waals surface area contributed by atoms with E-state index in [4.69, 9.17) is 0 Å². The van der Waals surface area contributed by atoms with Crippen LogP contribution in [0, 0.1) is 0 Å². The molecule has 13 heavy (non-hydrogen) atoms. The summed E-state index contributed by atoms with van der Waals surface area (Å²) in [6.45, 7) is 5.21. The van der Waals surface area contributed by atoms with Crippen molar-refractivity contribution in [2.24, 2.45) is 0 Å². The zero-order valence-electron chi connectivity index (χ0n) is 8.62. The van der Waals surface area contributed by atoms with Crippen molar-refractivity contribution in [1.29, 1.82) is 0 Å². The van der Waals surface area contributed by atoms with E-state index in [1.807, 2.05) is 19.4 Å². The Labute approximate surface area is 79.8 Å². The van der Waals surface area contributed by atoms with E-state index in [1.165, 1.54) is 0 Å². The fourth-order valence-electron chi connectivity index (χ4n) is 1.09. The normalized spacial score (nSPS) is 10.1. The molecule has 0 aliphatic heterocycles. The summed E-state index contributed by atoms with van der Waals surface area (Å²) in [4.78, 5) is 10.7. The summed E-state index contributed by atoms with van der Waals surface area (Å²) in [7, 11) is 2.02. The first-order valence-corrected chi connectivity index (χ1v) is 4.80. The third-order valence-corrected chi connectivity index (χ3v) is 2.06. The van der Waals surface area contributed by atoms with E-state index in [1.54, 1.807) is 0 Å². The fraction of sp³-hybridized carbons (Fsp3) is 0.600. The number of aryl methyl sites for hydroxylation is 1. The number of anilines is 1. The molecule has 1 heterocycles. The maximum absolute atomic E-state index is 4.33. The molecule has 1 rings (SSSR count). The molecule has 0 atom stereocenters. The van der Waals surface area contributed by atoms with Gasteiger partial charge in [-0.05, 0) is 13.3 Å². The fourth-order valence-corrected chi connectivity index (χ4v) is 1.09. The first-order chi connectivity index (χ1) is 6.27. The first kappa shape index (κ1) is 9.96. The van der Waals surface area contributed by atoms with Crippen LogP contribution < -0.4 is 4.90 Å². The van der Waals surface area contributed by atoms with Gasteiger partial charge in [0.25, 0.3) is 0 Å². The Morgan fingerprint density at radius 1 is 1.23 bits per heavy atom. The van der Waals surface area contributed by atoms with Crippen LogP contribution in [-0.4, -0.2) is 23.6 Å². The lowest BCUT2D eigenvalue weighted by Crippen LogP contribution is -2.17. The maximum atomic E-state index is 4.33. The van der Waals surface area contributed by atoms with E-state index < -0.39 is 0 Å². The van der Waals surface area contributed by atoms with E-state index in [2.05, 4.69) is 28.7 Å². The van der Waals surface area contributed by atoms with Gasteiger partial charge in [0.1, 0.15) is 5.82 Å². The largest absolute Gasteiger partial charge is 0.359 e. The Bertz CT molecular complexity index is 243. The first-order valence-electron chi connectivity index (χ1n) is 4.80. The molecule has 0 saturated carbocycles. The Hall–Kier alpha value is -1.12. The molecule has 3 heteroatoms. The zero-order chi connectivity index (χ0) is 9.68. The molecule has 0 saturated heterocycles. The summed E-state index contributed by atoms with van der Waals surface area (Å²) in [6, 6.07) is 0. The molecular formula is C10H17N3. The maximum Gasteiger partial charge on any atom is 0.146 e. The molecule has 72 valence electrons. The van der Waals surface area contributed by atoms with Gasteiger partial charge >= 0.3 is 0 Å². The van der Waals surface area contributed by atoms with Crippen molar-refractivity contribution in [3.05, 3.63) is 18.1 Å². The van der Waals surface area contributed by atoms with Crippen LogP contribution in [0.1, 0.15) is 26.0 Å². The van der Waals surface area contributed by atoms with E-state index in [9.17, 15) is 0 Å². The second kappa shape index (κ2) is 4.80. The highest BCUT2D eigenvalue weighted by Crippen LogP contribution is 2.06. The highest BCUT2D eigenvalue weighted by atomic mass is 15.2. The average Bonchev–Trinajstić information content (AvgIpc) is 2.18. The standard InChI is InChI=1S/C10H17N3/c1-4-6-9-7-12-10(8-11-9)13(3)5-2/h7-8H,4-6H2,1-3H3. The number of nitrogens with zero attached hydrogens (tertiary/aromatic N) is 3. The van der Waals surface area contributed by atoms with Crippen LogP contribution in [-0.2, 0) is 6.42 Å². The monoisotopic (exact) mass is 179 g/mol. The van der Waals surface area contributed by atoms with Crippen LogP contribution in [0.3, 0.4) is 0 Å². The predicted octanol–water partition coefficient (Wildman–Crippen LogP) is 1.89. The minimum atomic E-state index is 0.947. The number of rotatable bonds is 4. The molecule has 0 fully saturated rings. The molecule has 0 aromatic carbocycles. The second-order valence-electron chi connectivity index (χ2n) is 3.13. The Balaban J connectivity index is 2.69. The lowest BCUT2D eigenvalue weighted by Gasteiger charge is -2.14. The molecule has 0 aliphatic carbocycles. The van der Waals surface area contributed by atoms with Crippen LogP contribution in [0.4, 0.5) is 5.82 Å². The van der Waals surface area contributed by atoms with Gasteiger partial charge in [0.2, 0.25) is 0 Å². The van der Waals surface area contributed by atoms with Gasteiger partial charge in [0.15, 0.2) is 0 Å². The van der Waals surface area contributed by atoms with Crippen molar-refractivity contribution >= 4 is 5.82 Å². The predicted molar refractivity (Wildman–Crippen MR) is 55.0 cm³/mol. The third-order valence-electron chi connectivity index (χ3n) is 2.06. The minimum Gasteiger partial charge on any atom is -0.359 e. The van der Waals surface area contributed by atoms with Gasteiger partial charge in [-0.1, -0.05) is 13.3 Å². The number of aromatic nitrogens is 2. The molecule has 0 N–H and O–H groups in total. The smallest absolute Gasteiger partial charge is 0.146 e. The van der Waals surface area contributed by atoms with E-state index in [0.717, 1.165) is 30.9 Å². The van der Waals surface area contributed by atoms with Crippen molar-refractivity contribution in [3.8, 4) is 0 Å². The molecule has 0 aliphatic rings. The van der Waals surface area contributed by atoms with Crippen molar-refractivity contribution in [2.75, 3.05) is 18.5 Å². The Morgan fingerprint density at radius 2 is 2.00 bits per heavy atom. The lowest BCUT2D eigenvalue weighted by atomic mass is 10.3. The molecule has 0 bridgehead atoms. The van der Waals surface area contributed by atoms with Gasteiger partial charge in [0.05, 0.1) is 18.1 Å². The summed E-state index contributed by atoms with van der Waals surface area (Å²) in [6.07, 6.45) is 5.85. The lowest BCUT2D eigenvalue weighted by molar-refractivity contribution is 0.856. The van der Waals surface area contributed by atoms with E-state index in [-0.39, 0.29) is 0 Å². The summed E-state index contributed by atoms with van der Waals surface area (Å²) in [5, 5.41) is 0. The van der Waals surface area contributed by atoms with Gasteiger partial charge in [-0.15, -0.1) is 0 Å². The van der Waals surface area contributed by atoms with Crippen LogP contribution in [0.15, 0.2) is 12.4 Å². The third kappa shape index (κ3) is 2.68. The Kier molecular flexibility index (Phi) is 3.68. The SMILES string of the molecule is CCCc1cnc(N(C)CC)cn1. The van der Waals surface area contributed by atoms with Crippen molar-refractivity contribution in [1.82, 2.24) is 9.97 Å². The summed E-state index contributed by atoms with van der Waals surface area (Å²) in [5.41, 5.74) is 1.08. The summed E-state index contributed by atoms with van der Waals surface area (Å²) in [5.74, 6) is 0.947. The van der Waals surface area contributed by atoms with Crippen LogP contribution in [0.2, 0.25) is 0 Å². The second-order valence-corrected chi connectivity index (χ2v) is 3.13. The zero-order valence-corrected chi connectivity index (χ0v) is 8.62. The van der Waals surface area contributed by atoms with Crippen LogP contribution >= 0.6 is 0 Å². The van der Waals surface area contributed by atoms with Crippen molar-refractivity contribution < 1.29 is 0 Å². The average molecular weight is 179 g/mol. The van der Waals surface area contributed by atoms with Crippen molar-refractivity contribution in [2.45, 2.75) is 26.7 Å². The van der Waals surface area contributed by atoms with E-state index in [0.29, 0.717) is 0 Å². The molecule has 0 spiro atoms. The molecule has 1 aromatic heterocycles. The summed E-state index contributed by atoms with van der Waals surface area (Å²) >= 11 is 0. The molecule has 0 unspecified atom stereocenters. The summed E-state index contributed by atoms with van der Waals surface area (Å²) < 4.78 is 0. The van der Waals surface area contributed by atoms with Crippen LogP contribution in [0.25, 0.3) is 0 Å². The van der Waals surface area contributed by atoms with Gasteiger partial charge in [-0.2, -0.15) is 0 Å². The van der Waals surface area contributed by atoms with Gasteiger partial charge in [-0.25, -0.2) is 4.98 Å². The van der Waals surface area contributed by atoms with Crippen molar-refractivity contribution in [3.63, 3.8) is 0 Å². The highest BCUT2D eigenvalue weighted by Gasteiger charge is 1.99. The topological polar surface area (TPSA) is 29.0 Å². The molecular weight excluding hydrogens is 162 g/mol. The highest BCUT2D eigenvalue weighted by molar-refractivity contribution is 5.33. The number of hydrogen-bond acceptors (Lipinski definition) is 3. The minimum absolute atomic E-state index is 0.947. The van der Waals surface area contributed by atoms with Gasteiger partial charge in [-0.3, -0.25) is 4.98 Å². The Morgan fingerprint density at radius 3 is 2.46 bits per heavy atom. The quantitative estimate of drug-likeness (QED) is 0.706.